The first-order chi connectivity index (χ1) is 13.4. The number of aliphatic hydroxyl groups is 1. The third kappa shape index (κ3) is 5.87. The Morgan fingerprint density at radius 2 is 1.82 bits per heavy atom. The van der Waals surface area contributed by atoms with Crippen molar-refractivity contribution in [2.45, 2.75) is 38.7 Å². The molecule has 3 N–H and O–H groups in total. The molecule has 0 amide bonds. The van der Waals surface area contributed by atoms with Crippen LogP contribution in [0.15, 0.2) is 60.4 Å². The zero-order chi connectivity index (χ0) is 20.5. The number of carboxylic acids is 1. The number of aromatic hydroxyl groups is 1. The lowest BCUT2D eigenvalue weighted by Crippen LogP contribution is -2.19. The molecule has 6 heteroatoms. The van der Waals surface area contributed by atoms with Gasteiger partial charge in [0.1, 0.15) is 17.1 Å². The fraction of sp³-hybridized carbons (Fsp3) is 0.273. The number of cyclic esters (lactones) is 1. The summed E-state index contributed by atoms with van der Waals surface area (Å²) in [6, 6.07) is 4.85. The minimum absolute atomic E-state index is 0.00891. The molecule has 0 saturated carbocycles. The number of esters is 1. The maximum absolute atomic E-state index is 12.7. The van der Waals surface area contributed by atoms with Gasteiger partial charge in [-0.15, -0.1) is 0 Å². The molecule has 0 spiro atoms. The van der Waals surface area contributed by atoms with Crippen molar-refractivity contribution in [2.75, 3.05) is 0 Å². The average molecular weight is 384 g/mol. The maximum atomic E-state index is 12.7. The van der Waals surface area contributed by atoms with Crippen molar-refractivity contribution in [3.8, 4) is 5.75 Å². The lowest BCUT2D eigenvalue weighted by atomic mass is 9.93. The minimum atomic E-state index is -1.06. The Morgan fingerprint density at radius 1 is 1.11 bits per heavy atom. The summed E-state index contributed by atoms with van der Waals surface area (Å²) in [5, 5.41) is 29.3. The molecule has 0 aromatic heterocycles. The highest BCUT2D eigenvalue weighted by atomic mass is 16.5. The predicted molar refractivity (Wildman–Crippen MR) is 106 cm³/mol. The molecule has 1 aliphatic heterocycles. The normalized spacial score (nSPS) is 20.3. The molecule has 0 aliphatic carbocycles. The van der Waals surface area contributed by atoms with E-state index >= 15 is 0 Å². The standard InChI is InChI=1S/C22H24O6/c1-15-9-6-7-10-16-17(11-8-13-18(16)23)21(22(27)28-15)19(24)12-4-2-3-5-14-20(25)26/h2-5,8,11-15,23-24H,6-7,9-10H2,1H3,(H,25,26)/b3-2+,12-4+,14-5+,21-19+/t15-/m0/s1. The number of aliphatic hydroxyl groups excluding tert-OH is 1. The number of carbonyl (C=O) groups excluding carboxylic acids is 1. The van der Waals surface area contributed by atoms with Gasteiger partial charge in [-0.05, 0) is 50.3 Å². The van der Waals surface area contributed by atoms with Gasteiger partial charge in [0.05, 0.1) is 6.10 Å². The van der Waals surface area contributed by atoms with Gasteiger partial charge in [0.2, 0.25) is 0 Å². The summed E-state index contributed by atoms with van der Waals surface area (Å²) < 4.78 is 5.46. The van der Waals surface area contributed by atoms with E-state index in [1.54, 1.807) is 18.2 Å². The van der Waals surface area contributed by atoms with E-state index in [-0.39, 0.29) is 23.2 Å². The van der Waals surface area contributed by atoms with Crippen LogP contribution < -0.4 is 0 Å². The molecule has 0 unspecified atom stereocenters. The second kappa shape index (κ2) is 10.2. The van der Waals surface area contributed by atoms with E-state index < -0.39 is 11.9 Å². The summed E-state index contributed by atoms with van der Waals surface area (Å²) in [5.74, 6) is -1.94. The molecule has 6 nitrogen and oxygen atoms in total. The quantitative estimate of drug-likeness (QED) is 0.313. The van der Waals surface area contributed by atoms with Crippen molar-refractivity contribution in [3.63, 3.8) is 0 Å². The summed E-state index contributed by atoms with van der Waals surface area (Å²) in [6.45, 7) is 1.81. The average Bonchev–Trinajstić information content (AvgIpc) is 2.63. The number of phenolic OH excluding ortho intramolecular Hbond substituents is 1. The summed E-state index contributed by atoms with van der Waals surface area (Å²) in [4.78, 5) is 23.1. The Hall–Kier alpha value is -3.28. The second-order valence-corrected chi connectivity index (χ2v) is 6.47. The molecule has 1 aromatic rings. The summed E-state index contributed by atoms with van der Waals surface area (Å²) in [5.41, 5.74) is 1.03. The molecule has 0 radical (unpaired) electrons. The molecule has 1 heterocycles. The Labute approximate surface area is 163 Å². The Balaban J connectivity index is 2.44. The molecule has 148 valence electrons. The fourth-order valence-corrected chi connectivity index (χ4v) is 2.95. The number of ether oxygens (including phenoxy) is 1. The highest BCUT2D eigenvalue weighted by Crippen LogP contribution is 2.32. The lowest BCUT2D eigenvalue weighted by Gasteiger charge is -2.20. The molecule has 0 saturated heterocycles. The first kappa shape index (κ1) is 21.0. The summed E-state index contributed by atoms with van der Waals surface area (Å²) in [6.07, 6.45) is 10.8. The van der Waals surface area contributed by atoms with Gasteiger partial charge in [-0.3, -0.25) is 0 Å². The van der Waals surface area contributed by atoms with Crippen molar-refractivity contribution in [2.24, 2.45) is 0 Å². The first-order valence-electron chi connectivity index (χ1n) is 9.10. The third-order valence-electron chi connectivity index (χ3n) is 4.30. The highest BCUT2D eigenvalue weighted by Gasteiger charge is 2.25. The lowest BCUT2D eigenvalue weighted by molar-refractivity contribution is -0.141. The van der Waals surface area contributed by atoms with E-state index in [2.05, 4.69) is 0 Å². The van der Waals surface area contributed by atoms with E-state index in [4.69, 9.17) is 9.84 Å². The monoisotopic (exact) mass is 384 g/mol. The molecule has 1 aliphatic rings. The van der Waals surface area contributed by atoms with Crippen molar-refractivity contribution in [1.29, 1.82) is 0 Å². The van der Waals surface area contributed by atoms with Gasteiger partial charge in [-0.2, -0.15) is 0 Å². The van der Waals surface area contributed by atoms with Crippen molar-refractivity contribution >= 4 is 17.5 Å². The number of allylic oxidation sites excluding steroid dienone is 5. The second-order valence-electron chi connectivity index (χ2n) is 6.47. The number of fused-ring (bicyclic) bond motifs is 1. The van der Waals surface area contributed by atoms with E-state index in [1.165, 1.54) is 30.4 Å². The van der Waals surface area contributed by atoms with Gasteiger partial charge in [0.15, 0.2) is 0 Å². The number of benzene rings is 1. The Kier molecular flexibility index (Phi) is 7.63. The molecule has 2 rings (SSSR count). The first-order valence-corrected chi connectivity index (χ1v) is 9.10. The molecule has 1 aromatic carbocycles. The van der Waals surface area contributed by atoms with Crippen molar-refractivity contribution < 1.29 is 29.6 Å². The molecular weight excluding hydrogens is 360 g/mol. The molecule has 1 atom stereocenters. The van der Waals surface area contributed by atoms with Crippen LogP contribution in [0.4, 0.5) is 0 Å². The molecule has 0 fully saturated rings. The van der Waals surface area contributed by atoms with Gasteiger partial charge >= 0.3 is 11.9 Å². The van der Waals surface area contributed by atoms with Gasteiger partial charge in [-0.25, -0.2) is 9.59 Å². The summed E-state index contributed by atoms with van der Waals surface area (Å²) >= 11 is 0. The topological polar surface area (TPSA) is 104 Å². The zero-order valence-corrected chi connectivity index (χ0v) is 15.7. The van der Waals surface area contributed by atoms with Crippen LogP contribution in [-0.2, 0) is 20.7 Å². The van der Waals surface area contributed by atoms with Gasteiger partial charge in [0.25, 0.3) is 0 Å². The minimum Gasteiger partial charge on any atom is -0.508 e. The Bertz CT molecular complexity index is 845. The van der Waals surface area contributed by atoms with E-state index in [0.717, 1.165) is 18.9 Å². The van der Waals surface area contributed by atoms with Gasteiger partial charge in [-0.1, -0.05) is 36.4 Å². The summed E-state index contributed by atoms with van der Waals surface area (Å²) in [7, 11) is 0. The van der Waals surface area contributed by atoms with Gasteiger partial charge in [0, 0.05) is 11.6 Å². The van der Waals surface area contributed by atoms with Crippen LogP contribution in [0.2, 0.25) is 0 Å². The van der Waals surface area contributed by atoms with E-state index in [0.29, 0.717) is 24.0 Å². The largest absolute Gasteiger partial charge is 0.508 e. The SMILES string of the molecule is C[C@H]1CCCCc2c(O)cccc2/C(=C(O)/C=C/C=C/C=C/C(=O)O)C(=O)O1. The van der Waals surface area contributed by atoms with Crippen LogP contribution in [0.5, 0.6) is 5.75 Å². The van der Waals surface area contributed by atoms with Gasteiger partial charge < -0.3 is 20.1 Å². The maximum Gasteiger partial charge on any atom is 0.342 e. The number of aliphatic carboxylic acids is 1. The number of hydrogen-bond acceptors (Lipinski definition) is 5. The number of phenols is 1. The van der Waals surface area contributed by atoms with E-state index in [1.807, 2.05) is 6.92 Å². The van der Waals surface area contributed by atoms with E-state index in [9.17, 15) is 19.8 Å². The zero-order valence-electron chi connectivity index (χ0n) is 15.7. The van der Waals surface area contributed by atoms with Crippen LogP contribution in [-0.4, -0.2) is 33.4 Å². The number of carbonyl (C=O) groups is 2. The van der Waals surface area contributed by atoms with Crippen LogP contribution in [0.1, 0.15) is 37.3 Å². The van der Waals surface area contributed by atoms with Crippen LogP contribution in [0, 0.1) is 0 Å². The Morgan fingerprint density at radius 3 is 2.54 bits per heavy atom. The number of carboxylic acid groups (broad SMARTS) is 1. The predicted octanol–water partition coefficient (Wildman–Crippen LogP) is 4.07. The number of hydrogen-bond donors (Lipinski definition) is 3. The highest BCUT2D eigenvalue weighted by molar-refractivity contribution is 6.18. The molecular formula is C22H24O6. The molecule has 28 heavy (non-hydrogen) atoms. The number of rotatable bonds is 4. The smallest absolute Gasteiger partial charge is 0.342 e. The van der Waals surface area contributed by atoms with Crippen molar-refractivity contribution in [1.82, 2.24) is 0 Å². The molecule has 0 bridgehead atoms. The third-order valence-corrected chi connectivity index (χ3v) is 4.30. The van der Waals surface area contributed by atoms with Crippen LogP contribution >= 0.6 is 0 Å². The fourth-order valence-electron chi connectivity index (χ4n) is 2.95. The van der Waals surface area contributed by atoms with Crippen molar-refractivity contribution in [3.05, 3.63) is 71.5 Å². The van der Waals surface area contributed by atoms with Crippen LogP contribution in [0.3, 0.4) is 0 Å². The van der Waals surface area contributed by atoms with Crippen LogP contribution in [0.25, 0.3) is 5.57 Å².